The first-order valence-electron chi connectivity index (χ1n) is 6.03. The summed E-state index contributed by atoms with van der Waals surface area (Å²) in [7, 11) is 0. The van der Waals surface area contributed by atoms with Gasteiger partial charge in [-0.3, -0.25) is 0 Å². The Hall–Kier alpha value is -2.45. The summed E-state index contributed by atoms with van der Waals surface area (Å²) < 4.78 is 14.0. The van der Waals surface area contributed by atoms with Gasteiger partial charge < -0.3 is 5.32 Å². The maximum atomic E-state index is 13.1. The molecule has 0 fully saturated rings. The Labute approximate surface area is 119 Å². The van der Waals surface area contributed by atoms with Gasteiger partial charge in [0.2, 0.25) is 0 Å². The van der Waals surface area contributed by atoms with E-state index < -0.39 is 0 Å². The topological polar surface area (TPSA) is 48.7 Å². The highest BCUT2D eigenvalue weighted by Crippen LogP contribution is 2.28. The molecule has 5 heteroatoms. The molecule has 1 N–H and O–H groups in total. The number of nitriles is 1. The summed E-state index contributed by atoms with van der Waals surface area (Å²) in [5.41, 5.74) is 2.52. The van der Waals surface area contributed by atoms with Crippen molar-refractivity contribution in [2.24, 2.45) is 0 Å². The second-order valence-corrected chi connectivity index (χ2v) is 5.32. The molecule has 0 bridgehead atoms. The molecule has 0 aliphatic carbocycles. The average Bonchev–Trinajstić information content (AvgIpc) is 2.82. The van der Waals surface area contributed by atoms with E-state index in [0.29, 0.717) is 11.9 Å². The Bertz CT molecular complexity index is 787. The average molecular weight is 283 g/mol. The van der Waals surface area contributed by atoms with E-state index in [0.717, 1.165) is 21.1 Å². The zero-order valence-corrected chi connectivity index (χ0v) is 11.2. The number of anilines is 2. The van der Waals surface area contributed by atoms with E-state index in [1.165, 1.54) is 23.5 Å². The first-order chi connectivity index (χ1) is 9.74. The summed E-state index contributed by atoms with van der Waals surface area (Å²) in [6.45, 7) is 0. The van der Waals surface area contributed by atoms with Gasteiger partial charge in [0, 0.05) is 11.8 Å². The molecule has 0 unspecified atom stereocenters. The summed E-state index contributed by atoms with van der Waals surface area (Å²) in [6.07, 6.45) is 0.403. The predicted molar refractivity (Wildman–Crippen MR) is 78.6 cm³/mol. The van der Waals surface area contributed by atoms with Crippen LogP contribution >= 0.6 is 11.3 Å². The lowest BCUT2D eigenvalue weighted by Gasteiger charge is -2.02. The Balaban J connectivity index is 1.83. The molecule has 2 aromatic carbocycles. The molecule has 3 rings (SSSR count). The third-order valence-corrected chi connectivity index (χ3v) is 3.79. The number of nitrogens with one attached hydrogen (secondary N) is 1. The molecule has 20 heavy (non-hydrogen) atoms. The van der Waals surface area contributed by atoms with Crippen molar-refractivity contribution in [1.29, 1.82) is 5.26 Å². The van der Waals surface area contributed by atoms with Crippen LogP contribution in [0.1, 0.15) is 5.56 Å². The highest BCUT2D eigenvalue weighted by Gasteiger charge is 2.05. The SMILES string of the molecule is N#CCc1ccc(Nc2nc3cc(F)ccc3s2)cc1. The Kier molecular flexibility index (Phi) is 3.32. The quantitative estimate of drug-likeness (QED) is 0.782. The van der Waals surface area contributed by atoms with Crippen LogP contribution in [-0.2, 0) is 6.42 Å². The summed E-state index contributed by atoms with van der Waals surface area (Å²) in [5, 5.41) is 12.5. The second kappa shape index (κ2) is 5.27. The zero-order valence-electron chi connectivity index (χ0n) is 10.4. The summed E-state index contributed by atoms with van der Waals surface area (Å²) in [5.74, 6) is -0.282. The van der Waals surface area contributed by atoms with E-state index in [4.69, 9.17) is 5.26 Å². The molecule has 0 spiro atoms. The van der Waals surface area contributed by atoms with Crippen LogP contribution in [0.2, 0.25) is 0 Å². The zero-order chi connectivity index (χ0) is 13.9. The molecule has 0 aliphatic rings. The maximum Gasteiger partial charge on any atom is 0.188 e. The summed E-state index contributed by atoms with van der Waals surface area (Å²) in [6, 6.07) is 14.3. The van der Waals surface area contributed by atoms with Gasteiger partial charge in [0.25, 0.3) is 0 Å². The van der Waals surface area contributed by atoms with Crippen molar-refractivity contribution >= 4 is 32.4 Å². The fourth-order valence-corrected chi connectivity index (χ4v) is 2.74. The number of benzene rings is 2. The van der Waals surface area contributed by atoms with Crippen LogP contribution in [0.4, 0.5) is 15.2 Å². The van der Waals surface area contributed by atoms with Crippen molar-refractivity contribution in [1.82, 2.24) is 4.98 Å². The highest BCUT2D eigenvalue weighted by atomic mass is 32.1. The second-order valence-electron chi connectivity index (χ2n) is 4.29. The van der Waals surface area contributed by atoms with Crippen LogP contribution in [-0.4, -0.2) is 4.98 Å². The molecule has 98 valence electrons. The first-order valence-corrected chi connectivity index (χ1v) is 6.85. The first kappa shape index (κ1) is 12.6. The summed E-state index contributed by atoms with van der Waals surface area (Å²) in [4.78, 5) is 4.34. The molecule has 3 nitrogen and oxygen atoms in total. The van der Waals surface area contributed by atoms with E-state index >= 15 is 0 Å². The normalized spacial score (nSPS) is 10.4. The van der Waals surface area contributed by atoms with Gasteiger partial charge in [-0.15, -0.1) is 0 Å². The highest BCUT2D eigenvalue weighted by molar-refractivity contribution is 7.22. The molecular weight excluding hydrogens is 273 g/mol. The molecule has 0 saturated carbocycles. The van der Waals surface area contributed by atoms with Gasteiger partial charge in [0.1, 0.15) is 5.82 Å². The molecule has 1 heterocycles. The molecule has 0 saturated heterocycles. The van der Waals surface area contributed by atoms with E-state index in [1.54, 1.807) is 6.07 Å². The van der Waals surface area contributed by atoms with Gasteiger partial charge in [-0.1, -0.05) is 23.5 Å². The van der Waals surface area contributed by atoms with Crippen LogP contribution < -0.4 is 5.32 Å². The number of halogens is 1. The largest absolute Gasteiger partial charge is 0.332 e. The van der Waals surface area contributed by atoms with Crippen LogP contribution in [0.25, 0.3) is 10.2 Å². The molecule has 0 radical (unpaired) electrons. The molecule has 1 aromatic heterocycles. The van der Waals surface area contributed by atoms with Crippen molar-refractivity contribution in [3.8, 4) is 6.07 Å². The molecular formula is C15H10FN3S. The van der Waals surface area contributed by atoms with Crippen LogP contribution in [0.5, 0.6) is 0 Å². The number of aromatic nitrogens is 1. The van der Waals surface area contributed by atoms with Crippen molar-refractivity contribution < 1.29 is 4.39 Å². The van der Waals surface area contributed by atoms with Crippen molar-refractivity contribution in [3.63, 3.8) is 0 Å². The minimum atomic E-state index is -0.282. The number of hydrogen-bond donors (Lipinski definition) is 1. The van der Waals surface area contributed by atoms with E-state index in [-0.39, 0.29) is 5.82 Å². The van der Waals surface area contributed by atoms with Gasteiger partial charge in [0.05, 0.1) is 22.7 Å². The maximum absolute atomic E-state index is 13.1. The van der Waals surface area contributed by atoms with E-state index in [9.17, 15) is 4.39 Å². The monoisotopic (exact) mass is 283 g/mol. The fourth-order valence-electron chi connectivity index (χ4n) is 1.87. The Morgan fingerprint density at radius 1 is 1.20 bits per heavy atom. The van der Waals surface area contributed by atoms with Crippen LogP contribution in [0.15, 0.2) is 42.5 Å². The van der Waals surface area contributed by atoms with E-state index in [1.807, 2.05) is 24.3 Å². The van der Waals surface area contributed by atoms with Gasteiger partial charge in [-0.25, -0.2) is 9.37 Å². The van der Waals surface area contributed by atoms with Gasteiger partial charge in [-0.2, -0.15) is 5.26 Å². The van der Waals surface area contributed by atoms with Crippen molar-refractivity contribution in [2.45, 2.75) is 6.42 Å². The van der Waals surface area contributed by atoms with Crippen LogP contribution in [0, 0.1) is 17.1 Å². The lowest BCUT2D eigenvalue weighted by atomic mass is 10.1. The predicted octanol–water partition coefficient (Wildman–Crippen LogP) is 4.25. The Morgan fingerprint density at radius 2 is 2.00 bits per heavy atom. The molecule has 3 aromatic rings. The lowest BCUT2D eigenvalue weighted by molar-refractivity contribution is 0.629. The lowest BCUT2D eigenvalue weighted by Crippen LogP contribution is -1.89. The van der Waals surface area contributed by atoms with Crippen molar-refractivity contribution in [2.75, 3.05) is 5.32 Å². The summed E-state index contributed by atoms with van der Waals surface area (Å²) >= 11 is 1.47. The van der Waals surface area contributed by atoms with E-state index in [2.05, 4.69) is 16.4 Å². The van der Waals surface area contributed by atoms with Crippen LogP contribution in [0.3, 0.4) is 0 Å². The third-order valence-electron chi connectivity index (χ3n) is 2.84. The van der Waals surface area contributed by atoms with Crippen molar-refractivity contribution in [3.05, 3.63) is 53.8 Å². The minimum absolute atomic E-state index is 0.282. The van der Waals surface area contributed by atoms with Gasteiger partial charge in [0.15, 0.2) is 5.13 Å². The number of thiazole rings is 1. The van der Waals surface area contributed by atoms with Gasteiger partial charge >= 0.3 is 0 Å². The number of hydrogen-bond acceptors (Lipinski definition) is 4. The number of fused-ring (bicyclic) bond motifs is 1. The number of nitrogens with zero attached hydrogens (tertiary/aromatic N) is 2. The molecule has 0 amide bonds. The molecule has 0 aliphatic heterocycles. The number of rotatable bonds is 3. The smallest absolute Gasteiger partial charge is 0.188 e. The molecule has 0 atom stereocenters. The standard InChI is InChI=1S/C15H10FN3S/c16-11-3-6-14-13(9-11)19-15(20-14)18-12-4-1-10(2-5-12)7-8-17/h1-6,9H,7H2,(H,18,19). The van der Waals surface area contributed by atoms with Gasteiger partial charge in [-0.05, 0) is 29.8 Å². The minimum Gasteiger partial charge on any atom is -0.332 e. The Morgan fingerprint density at radius 3 is 2.75 bits per heavy atom. The fraction of sp³-hybridized carbons (Fsp3) is 0.0667. The third kappa shape index (κ3) is 2.60.